The number of ketones is 1. The van der Waals surface area contributed by atoms with E-state index in [-0.39, 0.29) is 28.6 Å². The van der Waals surface area contributed by atoms with Crippen molar-refractivity contribution < 1.29 is 20.1 Å². The number of aliphatic hydroxyl groups excluding tert-OH is 1. The van der Waals surface area contributed by atoms with E-state index in [0.29, 0.717) is 29.2 Å². The molecule has 3 N–H and O–H groups in total. The summed E-state index contributed by atoms with van der Waals surface area (Å²) in [4.78, 5) is 12.7. The Morgan fingerprint density at radius 1 is 1.03 bits per heavy atom. The maximum absolute atomic E-state index is 12.7. The van der Waals surface area contributed by atoms with E-state index in [2.05, 4.69) is 6.08 Å². The molecular formula is C25H28O4. The number of phenolic OH excluding ortho intramolecular Hbond substituents is 2. The number of carbonyl (C=O) groups is 1. The summed E-state index contributed by atoms with van der Waals surface area (Å²) >= 11 is 0. The Morgan fingerprint density at radius 2 is 1.69 bits per heavy atom. The van der Waals surface area contributed by atoms with Crippen LogP contribution < -0.4 is 0 Å². The highest BCUT2D eigenvalue weighted by molar-refractivity contribution is 6.09. The molecule has 1 aliphatic carbocycles. The Labute approximate surface area is 171 Å². The molecule has 0 saturated carbocycles. The zero-order chi connectivity index (χ0) is 21.5. The van der Waals surface area contributed by atoms with Crippen molar-refractivity contribution in [3.63, 3.8) is 0 Å². The third-order valence-corrected chi connectivity index (χ3v) is 5.47. The summed E-state index contributed by atoms with van der Waals surface area (Å²) in [6.45, 7) is 9.91. The maximum atomic E-state index is 12.7. The van der Waals surface area contributed by atoms with Gasteiger partial charge in [0.05, 0.1) is 16.9 Å². The van der Waals surface area contributed by atoms with E-state index < -0.39 is 5.92 Å². The van der Waals surface area contributed by atoms with Crippen LogP contribution in [0, 0.1) is 6.92 Å². The smallest absolute Gasteiger partial charge is 0.167 e. The molecule has 0 aliphatic heterocycles. The molecule has 4 heteroatoms. The van der Waals surface area contributed by atoms with Crippen molar-refractivity contribution >= 4 is 22.3 Å². The zero-order valence-corrected chi connectivity index (χ0v) is 17.6. The Balaban J connectivity index is 2.36. The van der Waals surface area contributed by atoms with Crippen LogP contribution in [0.15, 0.2) is 41.5 Å². The van der Waals surface area contributed by atoms with E-state index in [4.69, 9.17) is 0 Å². The molecule has 0 aromatic heterocycles. The minimum Gasteiger partial charge on any atom is -0.507 e. The molecule has 0 amide bonds. The van der Waals surface area contributed by atoms with Crippen molar-refractivity contribution in [2.24, 2.45) is 0 Å². The number of aliphatic hydroxyl groups is 1. The molecule has 29 heavy (non-hydrogen) atoms. The van der Waals surface area contributed by atoms with Gasteiger partial charge in [-0.2, -0.15) is 0 Å². The van der Waals surface area contributed by atoms with E-state index in [1.165, 1.54) is 11.6 Å². The minimum atomic E-state index is -0.481. The van der Waals surface area contributed by atoms with Crippen molar-refractivity contribution in [3.8, 4) is 11.5 Å². The number of benzene rings is 2. The summed E-state index contributed by atoms with van der Waals surface area (Å²) in [7, 11) is 0. The van der Waals surface area contributed by atoms with E-state index in [9.17, 15) is 20.1 Å². The predicted octanol–water partition coefficient (Wildman–Crippen LogP) is 5.99. The van der Waals surface area contributed by atoms with Crippen molar-refractivity contribution in [2.75, 3.05) is 0 Å². The molecule has 2 aromatic rings. The number of hydrogen-bond donors (Lipinski definition) is 3. The van der Waals surface area contributed by atoms with Crippen LogP contribution in [0.1, 0.15) is 62.3 Å². The van der Waals surface area contributed by atoms with Crippen molar-refractivity contribution in [1.29, 1.82) is 0 Å². The third-order valence-electron chi connectivity index (χ3n) is 5.47. The first-order chi connectivity index (χ1) is 13.6. The number of fused-ring (bicyclic) bond motifs is 2. The van der Waals surface area contributed by atoms with Gasteiger partial charge in [-0.1, -0.05) is 23.3 Å². The summed E-state index contributed by atoms with van der Waals surface area (Å²) in [5.41, 5.74) is 5.00. The number of aromatic hydroxyl groups is 2. The van der Waals surface area contributed by atoms with Gasteiger partial charge in [-0.25, -0.2) is 0 Å². The molecule has 0 heterocycles. The van der Waals surface area contributed by atoms with Crippen molar-refractivity contribution in [2.45, 2.75) is 53.4 Å². The van der Waals surface area contributed by atoms with Gasteiger partial charge in [0.1, 0.15) is 17.3 Å². The van der Waals surface area contributed by atoms with Crippen LogP contribution in [0.4, 0.5) is 0 Å². The molecular weight excluding hydrogens is 364 g/mol. The molecule has 1 atom stereocenters. The second kappa shape index (κ2) is 7.78. The van der Waals surface area contributed by atoms with Crippen LogP contribution in [0.25, 0.3) is 16.5 Å². The zero-order valence-electron chi connectivity index (χ0n) is 17.6. The number of phenols is 2. The van der Waals surface area contributed by atoms with Gasteiger partial charge in [0, 0.05) is 6.08 Å². The molecule has 152 valence electrons. The molecule has 0 saturated heterocycles. The van der Waals surface area contributed by atoms with Crippen LogP contribution in [0.5, 0.6) is 11.5 Å². The summed E-state index contributed by atoms with van der Waals surface area (Å²) in [6, 6.07) is 3.49. The topological polar surface area (TPSA) is 77.8 Å². The first-order valence-corrected chi connectivity index (χ1v) is 9.84. The van der Waals surface area contributed by atoms with E-state index >= 15 is 0 Å². The lowest BCUT2D eigenvalue weighted by Crippen LogP contribution is -2.17. The van der Waals surface area contributed by atoms with Gasteiger partial charge >= 0.3 is 0 Å². The van der Waals surface area contributed by atoms with E-state index in [1.807, 2.05) is 46.8 Å². The lowest BCUT2D eigenvalue weighted by molar-refractivity contribution is -0.116. The number of hydrogen-bond acceptors (Lipinski definition) is 4. The molecule has 1 unspecified atom stereocenters. The number of carbonyl (C=O) groups excluding carboxylic acids is 1. The highest BCUT2D eigenvalue weighted by Gasteiger charge is 2.32. The summed E-state index contributed by atoms with van der Waals surface area (Å²) in [5.74, 6) is -1.15. The Morgan fingerprint density at radius 3 is 2.31 bits per heavy atom. The lowest BCUT2D eigenvalue weighted by atomic mass is 9.79. The lowest BCUT2D eigenvalue weighted by Gasteiger charge is -2.25. The number of rotatable bonds is 4. The number of allylic oxidation sites excluding steroid dienone is 5. The van der Waals surface area contributed by atoms with Crippen LogP contribution in [0.3, 0.4) is 0 Å². The van der Waals surface area contributed by atoms with Gasteiger partial charge in [-0.15, -0.1) is 0 Å². The molecule has 3 rings (SSSR count). The maximum Gasteiger partial charge on any atom is 0.167 e. The van der Waals surface area contributed by atoms with Crippen molar-refractivity contribution in [3.05, 3.63) is 63.8 Å². The Hall–Kier alpha value is -3.01. The highest BCUT2D eigenvalue weighted by atomic mass is 16.3. The second-order valence-corrected chi connectivity index (χ2v) is 8.29. The first-order valence-electron chi connectivity index (χ1n) is 9.84. The molecule has 2 aromatic carbocycles. The molecule has 0 spiro atoms. The van der Waals surface area contributed by atoms with Crippen LogP contribution >= 0.6 is 0 Å². The standard InChI is InChI=1S/C25H28O4/c1-13(2)6-8-16-15(5)10-21(27)23-18(16)11-19-17(9-7-14(3)4)20(26)12-22(28)24(19)25(23)29/h6-7,10-12,17,27-29H,8-9H2,1-5H3. The van der Waals surface area contributed by atoms with Gasteiger partial charge < -0.3 is 15.3 Å². The highest BCUT2D eigenvalue weighted by Crippen LogP contribution is 2.47. The normalized spacial score (nSPS) is 15.7. The molecule has 0 bridgehead atoms. The predicted molar refractivity (Wildman–Crippen MR) is 118 cm³/mol. The van der Waals surface area contributed by atoms with Gasteiger partial charge in [-0.05, 0) is 81.7 Å². The SMILES string of the molecule is CC(C)=CCc1c(C)cc(O)c2c(O)c3c(cc12)C(CC=C(C)C)C(=O)C=C3O. The fourth-order valence-corrected chi connectivity index (χ4v) is 3.94. The largest absolute Gasteiger partial charge is 0.507 e. The average molecular weight is 392 g/mol. The Bertz CT molecular complexity index is 1090. The Kier molecular flexibility index (Phi) is 5.56. The minimum absolute atomic E-state index is 0.0377. The second-order valence-electron chi connectivity index (χ2n) is 8.29. The number of aryl methyl sites for hydroxylation is 1. The molecule has 0 radical (unpaired) electrons. The quantitative estimate of drug-likeness (QED) is 0.559. The summed E-state index contributed by atoms with van der Waals surface area (Å²) < 4.78 is 0. The summed E-state index contributed by atoms with van der Waals surface area (Å²) in [6.07, 6.45) is 6.40. The third kappa shape index (κ3) is 3.80. The van der Waals surface area contributed by atoms with E-state index in [1.54, 1.807) is 6.07 Å². The van der Waals surface area contributed by atoms with Crippen LogP contribution in [0.2, 0.25) is 0 Å². The van der Waals surface area contributed by atoms with Crippen molar-refractivity contribution in [1.82, 2.24) is 0 Å². The van der Waals surface area contributed by atoms with Crippen LogP contribution in [-0.2, 0) is 11.2 Å². The monoisotopic (exact) mass is 392 g/mol. The fourth-order valence-electron chi connectivity index (χ4n) is 3.94. The molecule has 4 nitrogen and oxygen atoms in total. The molecule has 1 aliphatic rings. The van der Waals surface area contributed by atoms with Gasteiger partial charge in [-0.3, -0.25) is 4.79 Å². The van der Waals surface area contributed by atoms with E-state index in [0.717, 1.165) is 16.7 Å². The van der Waals surface area contributed by atoms with Gasteiger partial charge in [0.15, 0.2) is 5.78 Å². The summed E-state index contributed by atoms with van der Waals surface area (Å²) in [5, 5.41) is 33.0. The first kappa shape index (κ1) is 20.7. The average Bonchev–Trinajstić information content (AvgIpc) is 2.59. The van der Waals surface area contributed by atoms with Gasteiger partial charge in [0.2, 0.25) is 0 Å². The van der Waals surface area contributed by atoms with Crippen LogP contribution in [-0.4, -0.2) is 21.1 Å². The molecule has 0 fully saturated rings. The van der Waals surface area contributed by atoms with Gasteiger partial charge in [0.25, 0.3) is 0 Å². The fraction of sp³-hybridized carbons (Fsp3) is 0.320.